The molecule has 15 heavy (non-hydrogen) atoms. The molecule has 0 aromatic heterocycles. The standard InChI is InChI=1S/C9H16N2O2S2/c1-3-11(4-2)9(14)10-8-5-6-15(12,13)7-8/h5-6,8H,3-4,7H2,1-2H3,(H,10,14). The molecule has 1 unspecified atom stereocenters. The van der Waals surface area contributed by atoms with Crippen LogP contribution < -0.4 is 5.32 Å². The van der Waals surface area contributed by atoms with Gasteiger partial charge in [-0.15, -0.1) is 0 Å². The first-order chi connectivity index (χ1) is 6.98. The van der Waals surface area contributed by atoms with E-state index in [2.05, 4.69) is 5.32 Å². The maximum atomic E-state index is 11.1. The fraction of sp³-hybridized carbons (Fsp3) is 0.667. The van der Waals surface area contributed by atoms with Gasteiger partial charge in [0.2, 0.25) is 0 Å². The van der Waals surface area contributed by atoms with Crippen LogP contribution in [0.3, 0.4) is 0 Å². The summed E-state index contributed by atoms with van der Waals surface area (Å²) in [5.74, 6) is 0.106. The fourth-order valence-corrected chi connectivity index (χ4v) is 3.07. The van der Waals surface area contributed by atoms with Gasteiger partial charge >= 0.3 is 0 Å². The summed E-state index contributed by atoms with van der Waals surface area (Å²) in [7, 11) is -3.00. The van der Waals surface area contributed by atoms with Gasteiger partial charge in [-0.05, 0) is 32.1 Å². The lowest BCUT2D eigenvalue weighted by Crippen LogP contribution is -2.44. The second-order valence-corrected chi connectivity index (χ2v) is 5.70. The van der Waals surface area contributed by atoms with Gasteiger partial charge in [0.1, 0.15) is 0 Å². The SMILES string of the molecule is CCN(CC)C(=S)NC1C=CS(=O)(=O)C1. The first-order valence-corrected chi connectivity index (χ1v) is 7.07. The highest BCUT2D eigenvalue weighted by atomic mass is 32.2. The van der Waals surface area contributed by atoms with Gasteiger partial charge < -0.3 is 10.2 Å². The van der Waals surface area contributed by atoms with Gasteiger partial charge in [0.25, 0.3) is 0 Å². The third kappa shape index (κ3) is 3.46. The van der Waals surface area contributed by atoms with Gasteiger partial charge in [-0.3, -0.25) is 0 Å². The molecule has 4 nitrogen and oxygen atoms in total. The molecule has 0 saturated heterocycles. The van der Waals surface area contributed by atoms with E-state index < -0.39 is 9.84 Å². The van der Waals surface area contributed by atoms with E-state index in [1.54, 1.807) is 6.08 Å². The van der Waals surface area contributed by atoms with Crippen LogP contribution >= 0.6 is 12.2 Å². The van der Waals surface area contributed by atoms with Crippen molar-refractivity contribution in [3.63, 3.8) is 0 Å². The summed E-state index contributed by atoms with van der Waals surface area (Å²) in [5.41, 5.74) is 0. The summed E-state index contributed by atoms with van der Waals surface area (Å²) < 4.78 is 22.3. The first kappa shape index (κ1) is 12.4. The molecule has 1 heterocycles. The summed E-state index contributed by atoms with van der Waals surface area (Å²) in [6.45, 7) is 5.68. The fourth-order valence-electron chi connectivity index (χ4n) is 1.43. The van der Waals surface area contributed by atoms with E-state index in [9.17, 15) is 8.42 Å². The Kier molecular flexibility index (Phi) is 4.10. The highest BCUT2D eigenvalue weighted by Crippen LogP contribution is 2.08. The predicted molar refractivity (Wildman–Crippen MR) is 65.4 cm³/mol. The minimum Gasteiger partial charge on any atom is -0.355 e. The Morgan fingerprint density at radius 1 is 1.53 bits per heavy atom. The van der Waals surface area contributed by atoms with Crippen LogP contribution in [-0.4, -0.2) is 43.3 Å². The van der Waals surface area contributed by atoms with E-state index in [1.165, 1.54) is 5.41 Å². The highest BCUT2D eigenvalue weighted by molar-refractivity contribution is 7.94. The van der Waals surface area contributed by atoms with Gasteiger partial charge in [0, 0.05) is 18.5 Å². The van der Waals surface area contributed by atoms with Crippen molar-refractivity contribution in [3.8, 4) is 0 Å². The second-order valence-electron chi connectivity index (χ2n) is 3.39. The quantitative estimate of drug-likeness (QED) is 0.738. The largest absolute Gasteiger partial charge is 0.355 e. The van der Waals surface area contributed by atoms with Crippen LogP contribution in [0.5, 0.6) is 0 Å². The number of rotatable bonds is 3. The van der Waals surface area contributed by atoms with Crippen LogP contribution in [0.15, 0.2) is 11.5 Å². The van der Waals surface area contributed by atoms with Crippen molar-refractivity contribution in [1.29, 1.82) is 0 Å². The minimum absolute atomic E-state index is 0.106. The van der Waals surface area contributed by atoms with Crippen LogP contribution in [0, 0.1) is 0 Å². The number of sulfone groups is 1. The topological polar surface area (TPSA) is 49.4 Å². The lowest BCUT2D eigenvalue weighted by Gasteiger charge is -2.24. The summed E-state index contributed by atoms with van der Waals surface area (Å²) in [4.78, 5) is 1.98. The molecule has 1 atom stereocenters. The van der Waals surface area contributed by atoms with Gasteiger partial charge in [0.05, 0.1) is 11.8 Å². The molecule has 0 bridgehead atoms. The van der Waals surface area contributed by atoms with E-state index in [-0.39, 0.29) is 11.8 Å². The normalized spacial score (nSPS) is 22.7. The van der Waals surface area contributed by atoms with Crippen LogP contribution in [-0.2, 0) is 9.84 Å². The molecule has 0 aromatic rings. The molecule has 0 radical (unpaired) electrons. The summed E-state index contributed by atoms with van der Waals surface area (Å²) >= 11 is 5.17. The molecule has 0 fully saturated rings. The Balaban J connectivity index is 2.51. The molecule has 6 heteroatoms. The zero-order chi connectivity index (χ0) is 11.5. The predicted octanol–water partition coefficient (Wildman–Crippen LogP) is 0.513. The molecule has 0 aliphatic carbocycles. The van der Waals surface area contributed by atoms with Gasteiger partial charge in [-0.1, -0.05) is 0 Å². The van der Waals surface area contributed by atoms with Crippen molar-refractivity contribution in [2.45, 2.75) is 19.9 Å². The van der Waals surface area contributed by atoms with Crippen LogP contribution in [0.25, 0.3) is 0 Å². The van der Waals surface area contributed by atoms with Crippen LogP contribution in [0.1, 0.15) is 13.8 Å². The number of nitrogens with one attached hydrogen (secondary N) is 1. The number of hydrogen-bond donors (Lipinski definition) is 1. The Bertz CT molecular complexity index is 358. The van der Waals surface area contributed by atoms with Gasteiger partial charge in [0.15, 0.2) is 14.9 Å². The summed E-state index contributed by atoms with van der Waals surface area (Å²) in [6.07, 6.45) is 1.64. The van der Waals surface area contributed by atoms with Gasteiger partial charge in [-0.2, -0.15) is 0 Å². The second kappa shape index (κ2) is 4.94. The molecular weight excluding hydrogens is 232 g/mol. The smallest absolute Gasteiger partial charge is 0.173 e. The Hall–Kier alpha value is -0.620. The minimum atomic E-state index is -3.00. The maximum absolute atomic E-state index is 11.1. The third-order valence-electron chi connectivity index (χ3n) is 2.29. The molecular formula is C9H16N2O2S2. The van der Waals surface area contributed by atoms with Crippen molar-refractivity contribution >= 4 is 27.2 Å². The average molecular weight is 248 g/mol. The first-order valence-electron chi connectivity index (χ1n) is 4.95. The molecule has 1 aliphatic rings. The molecule has 0 spiro atoms. The van der Waals surface area contributed by atoms with Crippen molar-refractivity contribution in [2.24, 2.45) is 0 Å². The zero-order valence-corrected chi connectivity index (χ0v) is 10.6. The van der Waals surface area contributed by atoms with Gasteiger partial charge in [-0.25, -0.2) is 8.42 Å². The lowest BCUT2D eigenvalue weighted by atomic mass is 10.3. The summed E-state index contributed by atoms with van der Waals surface area (Å²) in [5, 5.41) is 4.89. The van der Waals surface area contributed by atoms with Crippen LogP contribution in [0.2, 0.25) is 0 Å². The maximum Gasteiger partial charge on any atom is 0.173 e. The average Bonchev–Trinajstić information content (AvgIpc) is 2.47. The van der Waals surface area contributed by atoms with E-state index in [4.69, 9.17) is 12.2 Å². The van der Waals surface area contributed by atoms with Crippen molar-refractivity contribution in [2.75, 3.05) is 18.8 Å². The molecule has 0 amide bonds. The zero-order valence-electron chi connectivity index (χ0n) is 8.93. The number of thiocarbonyl (C=S) groups is 1. The molecule has 1 aliphatic heterocycles. The van der Waals surface area contributed by atoms with E-state index >= 15 is 0 Å². The molecule has 0 aromatic carbocycles. The Morgan fingerprint density at radius 2 is 2.13 bits per heavy atom. The van der Waals surface area contributed by atoms with E-state index in [0.717, 1.165) is 13.1 Å². The van der Waals surface area contributed by atoms with Crippen molar-refractivity contribution < 1.29 is 8.42 Å². The summed E-state index contributed by atoms with van der Waals surface area (Å²) in [6, 6.07) is -0.178. The van der Waals surface area contributed by atoms with Crippen molar-refractivity contribution in [1.82, 2.24) is 10.2 Å². The van der Waals surface area contributed by atoms with E-state index in [0.29, 0.717) is 5.11 Å². The Labute approximate surface area is 96.3 Å². The lowest BCUT2D eigenvalue weighted by molar-refractivity contribution is 0.453. The van der Waals surface area contributed by atoms with Crippen molar-refractivity contribution in [3.05, 3.63) is 11.5 Å². The molecule has 86 valence electrons. The molecule has 1 rings (SSSR count). The molecule has 0 saturated carbocycles. The number of nitrogens with zero attached hydrogens (tertiary/aromatic N) is 1. The monoisotopic (exact) mass is 248 g/mol. The van der Waals surface area contributed by atoms with E-state index in [1.807, 2.05) is 18.7 Å². The third-order valence-corrected chi connectivity index (χ3v) is 4.06. The highest BCUT2D eigenvalue weighted by Gasteiger charge is 2.22. The molecule has 1 N–H and O–H groups in total. The Morgan fingerprint density at radius 3 is 2.53 bits per heavy atom. The van der Waals surface area contributed by atoms with Crippen LogP contribution in [0.4, 0.5) is 0 Å². The number of hydrogen-bond acceptors (Lipinski definition) is 3.